The molecule has 1 aromatic heterocycles. The Morgan fingerprint density at radius 2 is 2.04 bits per heavy atom. The van der Waals surface area contributed by atoms with E-state index in [1.807, 2.05) is 12.1 Å². The van der Waals surface area contributed by atoms with Gasteiger partial charge in [0.2, 0.25) is 5.91 Å². The number of anilines is 2. The maximum Gasteiger partial charge on any atom is 0.226 e. The van der Waals surface area contributed by atoms with Crippen LogP contribution < -0.4 is 15.0 Å². The molecule has 1 saturated heterocycles. The summed E-state index contributed by atoms with van der Waals surface area (Å²) in [7, 11) is 0. The minimum absolute atomic E-state index is 0.0199. The molecule has 1 aromatic carbocycles. The minimum atomic E-state index is 0.0199. The molecule has 0 unspecified atom stereocenters. The van der Waals surface area contributed by atoms with E-state index in [0.29, 0.717) is 24.8 Å². The van der Waals surface area contributed by atoms with Crippen LogP contribution in [0.5, 0.6) is 5.75 Å². The number of hydrogen-bond donors (Lipinski definition) is 1. The summed E-state index contributed by atoms with van der Waals surface area (Å²) in [5, 5.41) is 3.91. The Balaban J connectivity index is 1.57. The van der Waals surface area contributed by atoms with Crippen LogP contribution in [0.15, 0.2) is 24.3 Å². The van der Waals surface area contributed by atoms with Crippen LogP contribution in [0.1, 0.15) is 36.6 Å². The molecular formula is C20H25N3O3S. The van der Waals surface area contributed by atoms with E-state index in [9.17, 15) is 4.79 Å². The molecule has 3 heterocycles. The van der Waals surface area contributed by atoms with E-state index in [4.69, 9.17) is 14.5 Å². The van der Waals surface area contributed by atoms with Gasteiger partial charge in [0, 0.05) is 25.4 Å². The number of carbonyl (C=O) groups is 1. The lowest BCUT2D eigenvalue weighted by atomic mass is 9.91. The van der Waals surface area contributed by atoms with Gasteiger partial charge in [-0.05, 0) is 23.6 Å². The van der Waals surface area contributed by atoms with Crippen molar-refractivity contribution < 1.29 is 14.3 Å². The third kappa shape index (κ3) is 4.09. The van der Waals surface area contributed by atoms with E-state index < -0.39 is 0 Å². The first-order valence-electron chi connectivity index (χ1n) is 9.46. The molecule has 4 rings (SSSR count). The lowest BCUT2D eigenvalue weighted by Gasteiger charge is -2.26. The predicted octanol–water partition coefficient (Wildman–Crippen LogP) is 3.49. The highest BCUT2D eigenvalue weighted by Gasteiger charge is 2.31. The maximum absolute atomic E-state index is 12.2. The van der Waals surface area contributed by atoms with Crippen molar-refractivity contribution in [2.75, 3.05) is 43.1 Å². The zero-order valence-corrected chi connectivity index (χ0v) is 16.6. The number of benzene rings is 1. The molecule has 0 spiro atoms. The molecule has 1 amide bonds. The number of thiazole rings is 1. The van der Waals surface area contributed by atoms with Crippen molar-refractivity contribution >= 4 is 28.2 Å². The number of hydrogen-bond acceptors (Lipinski definition) is 6. The Morgan fingerprint density at radius 1 is 1.30 bits per heavy atom. The van der Waals surface area contributed by atoms with Crippen molar-refractivity contribution in [1.29, 1.82) is 0 Å². The zero-order valence-electron chi connectivity index (χ0n) is 15.7. The number of fused-ring (bicyclic) bond motifs is 1. The molecule has 0 aliphatic carbocycles. The molecule has 1 N–H and O–H groups in total. The number of morpholine rings is 1. The van der Waals surface area contributed by atoms with Gasteiger partial charge >= 0.3 is 0 Å². The van der Waals surface area contributed by atoms with E-state index in [2.05, 4.69) is 36.2 Å². The molecular weight excluding hydrogens is 362 g/mol. The van der Waals surface area contributed by atoms with Crippen LogP contribution in [0.3, 0.4) is 0 Å². The van der Waals surface area contributed by atoms with Gasteiger partial charge in [-0.3, -0.25) is 4.79 Å². The molecule has 0 bridgehead atoms. The maximum atomic E-state index is 12.2. The average molecular weight is 388 g/mol. The van der Waals surface area contributed by atoms with Gasteiger partial charge in [0.15, 0.2) is 5.13 Å². The second kappa shape index (κ2) is 7.86. The van der Waals surface area contributed by atoms with E-state index in [-0.39, 0.29) is 11.8 Å². The lowest BCUT2D eigenvalue weighted by Crippen LogP contribution is -2.36. The Kier molecular flexibility index (Phi) is 5.31. The van der Waals surface area contributed by atoms with Crippen molar-refractivity contribution in [2.45, 2.75) is 26.2 Å². The molecule has 2 aromatic rings. The molecule has 7 heteroatoms. The van der Waals surface area contributed by atoms with Gasteiger partial charge in [-0.25, -0.2) is 4.98 Å². The first-order valence-corrected chi connectivity index (χ1v) is 10.3. The Bertz CT molecular complexity index is 797. The molecule has 0 saturated carbocycles. The number of amides is 1. The molecule has 0 radical (unpaired) electrons. The smallest absolute Gasteiger partial charge is 0.226 e. The van der Waals surface area contributed by atoms with Crippen LogP contribution in [0, 0.1) is 5.92 Å². The van der Waals surface area contributed by atoms with Gasteiger partial charge in [-0.2, -0.15) is 0 Å². The molecule has 6 nitrogen and oxygen atoms in total. The highest BCUT2D eigenvalue weighted by atomic mass is 32.1. The minimum Gasteiger partial charge on any atom is -0.493 e. The molecule has 27 heavy (non-hydrogen) atoms. The highest BCUT2D eigenvalue weighted by molar-refractivity contribution is 7.16. The highest BCUT2D eigenvalue weighted by Crippen LogP contribution is 2.43. The van der Waals surface area contributed by atoms with Crippen molar-refractivity contribution in [2.24, 2.45) is 5.92 Å². The third-order valence-corrected chi connectivity index (χ3v) is 5.98. The van der Waals surface area contributed by atoms with Crippen molar-refractivity contribution in [3.63, 3.8) is 0 Å². The number of carbonyl (C=O) groups excluding carboxylic acids is 1. The van der Waals surface area contributed by atoms with Gasteiger partial charge in [-0.1, -0.05) is 37.3 Å². The normalized spacial score (nSPS) is 19.7. The quantitative estimate of drug-likeness (QED) is 0.851. The number of aromatic nitrogens is 1. The van der Waals surface area contributed by atoms with Crippen LogP contribution in [0.2, 0.25) is 0 Å². The Morgan fingerprint density at radius 3 is 2.74 bits per heavy atom. The second-order valence-corrected chi connectivity index (χ2v) is 8.40. The number of nitrogens with one attached hydrogen (secondary N) is 1. The standard InChI is InChI=1S/C20H25N3O3S/c1-13(2)12-26-15-5-3-14(4-6-15)16-11-17(24)21-19-18(16)27-20(22-19)23-7-9-25-10-8-23/h3-6,13,16H,7-12H2,1-2H3,(H,21,24)/t16-/m1/s1. The Hall–Kier alpha value is -2.12. The summed E-state index contributed by atoms with van der Waals surface area (Å²) >= 11 is 1.68. The van der Waals surface area contributed by atoms with Gasteiger partial charge in [-0.15, -0.1) is 0 Å². The van der Waals surface area contributed by atoms with Gasteiger partial charge < -0.3 is 19.7 Å². The van der Waals surface area contributed by atoms with Crippen molar-refractivity contribution in [3.8, 4) is 5.75 Å². The van der Waals surface area contributed by atoms with Crippen LogP contribution in [0.25, 0.3) is 0 Å². The fourth-order valence-corrected chi connectivity index (χ4v) is 4.53. The summed E-state index contributed by atoms with van der Waals surface area (Å²) in [6, 6.07) is 8.12. The van der Waals surface area contributed by atoms with Crippen LogP contribution in [0.4, 0.5) is 10.9 Å². The van der Waals surface area contributed by atoms with E-state index >= 15 is 0 Å². The van der Waals surface area contributed by atoms with Crippen molar-refractivity contribution in [3.05, 3.63) is 34.7 Å². The zero-order chi connectivity index (χ0) is 18.8. The van der Waals surface area contributed by atoms with Gasteiger partial charge in [0.25, 0.3) is 0 Å². The van der Waals surface area contributed by atoms with Gasteiger partial charge in [0.05, 0.1) is 24.7 Å². The molecule has 144 valence electrons. The summed E-state index contributed by atoms with van der Waals surface area (Å²) in [5.74, 6) is 2.13. The first kappa shape index (κ1) is 18.3. The lowest BCUT2D eigenvalue weighted by molar-refractivity contribution is -0.116. The number of nitrogens with zero attached hydrogens (tertiary/aromatic N) is 2. The average Bonchev–Trinajstić information content (AvgIpc) is 3.11. The summed E-state index contributed by atoms with van der Waals surface area (Å²) in [4.78, 5) is 20.3. The van der Waals surface area contributed by atoms with Crippen LogP contribution >= 0.6 is 11.3 Å². The largest absolute Gasteiger partial charge is 0.493 e. The number of rotatable bonds is 5. The summed E-state index contributed by atoms with van der Waals surface area (Å²) in [5.41, 5.74) is 1.13. The monoisotopic (exact) mass is 387 g/mol. The van der Waals surface area contributed by atoms with Crippen LogP contribution in [-0.2, 0) is 9.53 Å². The van der Waals surface area contributed by atoms with Gasteiger partial charge in [0.1, 0.15) is 11.6 Å². The molecule has 1 fully saturated rings. The molecule has 2 aliphatic heterocycles. The second-order valence-electron chi connectivity index (χ2n) is 7.39. The van der Waals surface area contributed by atoms with Crippen molar-refractivity contribution in [1.82, 2.24) is 4.98 Å². The fraction of sp³-hybridized carbons (Fsp3) is 0.500. The Labute approximate surface area is 163 Å². The van der Waals surface area contributed by atoms with E-state index in [1.54, 1.807) is 11.3 Å². The molecule has 1 atom stereocenters. The summed E-state index contributed by atoms with van der Waals surface area (Å²) in [6.45, 7) is 8.08. The molecule has 2 aliphatic rings. The first-order chi connectivity index (χ1) is 13.1. The topological polar surface area (TPSA) is 63.7 Å². The van der Waals surface area contributed by atoms with Crippen LogP contribution in [-0.4, -0.2) is 43.8 Å². The number of ether oxygens (including phenoxy) is 2. The summed E-state index contributed by atoms with van der Waals surface area (Å²) in [6.07, 6.45) is 0.448. The predicted molar refractivity (Wildman–Crippen MR) is 107 cm³/mol. The van der Waals surface area contributed by atoms with E-state index in [1.165, 1.54) is 0 Å². The fourth-order valence-electron chi connectivity index (χ4n) is 3.33. The SMILES string of the molecule is CC(C)COc1ccc([C@H]2CC(=O)Nc3nc(N4CCOCC4)sc32)cc1. The summed E-state index contributed by atoms with van der Waals surface area (Å²) < 4.78 is 11.2. The third-order valence-electron chi connectivity index (χ3n) is 4.75. The van der Waals surface area contributed by atoms with E-state index in [0.717, 1.165) is 47.6 Å².